The number of hydrogen-bond donors (Lipinski definition) is 1. The van der Waals surface area contributed by atoms with Crippen molar-refractivity contribution in [3.63, 3.8) is 0 Å². The van der Waals surface area contributed by atoms with E-state index in [1.807, 2.05) is 0 Å². The van der Waals surface area contributed by atoms with E-state index in [2.05, 4.69) is 121 Å². The van der Waals surface area contributed by atoms with Gasteiger partial charge in [-0.05, 0) is 0 Å². The van der Waals surface area contributed by atoms with Crippen LogP contribution in [0.25, 0.3) is 0 Å². The van der Waals surface area contributed by atoms with Crippen molar-refractivity contribution in [3.05, 3.63) is 69.2 Å². The Balaban J connectivity index is 3.12. The second-order valence-electron chi connectivity index (χ2n) is 13.9. The topological polar surface area (TPSA) is 37.3 Å². The van der Waals surface area contributed by atoms with Crippen molar-refractivity contribution in [2.24, 2.45) is 0 Å². The summed E-state index contributed by atoms with van der Waals surface area (Å²) in [7, 11) is 0. The van der Waals surface area contributed by atoms with Gasteiger partial charge in [0.05, 0.1) is 0 Å². The molecule has 0 aromatic heterocycles. The molecule has 2 nitrogen and oxygen atoms in total. The molecular formula is C36H56CoO2. The molecule has 1 atom stereocenters. The van der Waals surface area contributed by atoms with Crippen molar-refractivity contribution in [2.75, 3.05) is 0 Å². The summed E-state index contributed by atoms with van der Waals surface area (Å²) in [4.78, 5) is 0. The molecule has 2 aromatic carbocycles. The van der Waals surface area contributed by atoms with Crippen molar-refractivity contribution in [3.8, 4) is 5.75 Å². The minimum absolute atomic E-state index is 0.0306. The van der Waals surface area contributed by atoms with Gasteiger partial charge in [-0.3, -0.25) is 0 Å². The van der Waals surface area contributed by atoms with E-state index in [0.717, 1.165) is 52.4 Å². The quantitative estimate of drug-likeness (QED) is 0.272. The van der Waals surface area contributed by atoms with E-state index in [0.29, 0.717) is 5.75 Å². The number of hydrogen-bond acceptors (Lipinski definition) is 2. The zero-order valence-electron chi connectivity index (χ0n) is 27.2. The van der Waals surface area contributed by atoms with E-state index in [4.69, 9.17) is 0 Å². The molecule has 0 aliphatic carbocycles. The van der Waals surface area contributed by atoms with Gasteiger partial charge in [0.25, 0.3) is 0 Å². The van der Waals surface area contributed by atoms with Gasteiger partial charge in [-0.25, -0.2) is 0 Å². The first-order valence-corrected chi connectivity index (χ1v) is 16.4. The second kappa shape index (κ2) is 12.0. The van der Waals surface area contributed by atoms with Crippen molar-refractivity contribution < 1.29 is 22.6 Å². The summed E-state index contributed by atoms with van der Waals surface area (Å²) >= 11 is -1.78. The summed E-state index contributed by atoms with van der Waals surface area (Å²) in [5.41, 5.74) is 6.23. The van der Waals surface area contributed by atoms with Crippen LogP contribution in [0.4, 0.5) is 0 Å². The average Bonchev–Trinajstić information content (AvgIpc) is 2.91. The van der Waals surface area contributed by atoms with Gasteiger partial charge in [0, 0.05) is 0 Å². The molecule has 0 spiro atoms. The van der Waals surface area contributed by atoms with Gasteiger partial charge in [0.1, 0.15) is 0 Å². The summed E-state index contributed by atoms with van der Waals surface area (Å²) < 4.78 is 14.7. The molecular weight excluding hydrogens is 523 g/mol. The first kappa shape index (κ1) is 33.5. The molecule has 0 saturated carbocycles. The average molecular weight is 580 g/mol. The van der Waals surface area contributed by atoms with Crippen LogP contribution in [0.3, 0.4) is 0 Å². The number of benzene rings is 2. The fourth-order valence-electron chi connectivity index (χ4n) is 4.92. The molecule has 0 aliphatic rings. The fourth-order valence-corrected chi connectivity index (χ4v) is 6.43. The van der Waals surface area contributed by atoms with Gasteiger partial charge in [-0.1, -0.05) is 0 Å². The number of aromatic hydroxyl groups is 1. The Hall–Kier alpha value is -1.71. The Kier molecular flexibility index (Phi) is 10.3. The molecule has 39 heavy (non-hydrogen) atoms. The third kappa shape index (κ3) is 6.62. The van der Waals surface area contributed by atoms with Gasteiger partial charge in [-0.2, -0.15) is 0 Å². The van der Waals surface area contributed by atoms with Gasteiger partial charge in [-0.15, -0.1) is 0 Å². The van der Waals surface area contributed by atoms with Crippen molar-refractivity contribution in [2.45, 2.75) is 143 Å². The van der Waals surface area contributed by atoms with E-state index in [9.17, 15) is 8.97 Å². The SMILES string of the molecule is C=[CH][Co](=[O])[c]1c(C(C)c2cc(C(C)(C)CC)cc(C(C)(C)CC)c2O)cc(C(C)(C)CC)cc1C(C)(C)CC. The molecule has 0 amide bonds. The van der Waals surface area contributed by atoms with Crippen molar-refractivity contribution in [1.29, 1.82) is 0 Å². The molecule has 2 rings (SSSR count). The molecule has 0 aliphatic heterocycles. The number of phenolic OH excluding ortho intramolecular Hbond substituents is 1. The first-order chi connectivity index (χ1) is 17.8. The van der Waals surface area contributed by atoms with Crippen molar-refractivity contribution in [1.82, 2.24) is 0 Å². The zero-order valence-corrected chi connectivity index (χ0v) is 28.2. The molecule has 1 unspecified atom stereocenters. The van der Waals surface area contributed by atoms with Gasteiger partial charge >= 0.3 is 245 Å². The Bertz CT molecular complexity index is 1210. The maximum atomic E-state index is 13.8. The van der Waals surface area contributed by atoms with Crippen molar-refractivity contribution >= 4 is 4.50 Å². The van der Waals surface area contributed by atoms with Gasteiger partial charge < -0.3 is 0 Å². The summed E-state index contributed by atoms with van der Waals surface area (Å²) in [5, 5.41) is 13.5. The third-order valence-electron chi connectivity index (χ3n) is 9.99. The van der Waals surface area contributed by atoms with Crippen LogP contribution in [0.1, 0.15) is 155 Å². The minimum atomic E-state index is -1.78. The molecule has 0 heterocycles. The molecule has 0 fully saturated rings. The second-order valence-corrected chi connectivity index (χ2v) is 15.6. The molecule has 221 valence electrons. The molecule has 0 saturated heterocycles. The third-order valence-corrected chi connectivity index (χ3v) is 11.5. The van der Waals surface area contributed by atoms with Crippen LogP contribution >= 0.6 is 0 Å². The first-order valence-electron chi connectivity index (χ1n) is 14.8. The van der Waals surface area contributed by atoms with Crippen LogP contribution in [0.15, 0.2) is 35.9 Å². The Morgan fingerprint density at radius 2 is 1.10 bits per heavy atom. The monoisotopic (exact) mass is 579 g/mol. The molecule has 0 radical (unpaired) electrons. The molecule has 1 N–H and O–H groups in total. The zero-order chi connectivity index (χ0) is 30.1. The van der Waals surface area contributed by atoms with E-state index < -0.39 is 13.6 Å². The molecule has 3 heteroatoms. The Morgan fingerprint density at radius 3 is 1.51 bits per heavy atom. The maximum absolute atomic E-state index is 13.8. The van der Waals surface area contributed by atoms with E-state index in [1.54, 1.807) is 5.01 Å². The number of phenols is 1. The van der Waals surface area contributed by atoms with E-state index in [1.165, 1.54) is 11.1 Å². The summed E-state index contributed by atoms with van der Waals surface area (Å²) in [6.45, 7) is 33.0. The van der Waals surface area contributed by atoms with Crippen LogP contribution in [0, 0.1) is 0 Å². The predicted molar refractivity (Wildman–Crippen MR) is 166 cm³/mol. The summed E-state index contributed by atoms with van der Waals surface area (Å²) in [6, 6.07) is 9.02. The van der Waals surface area contributed by atoms with Gasteiger partial charge in [0.2, 0.25) is 0 Å². The standard InChI is InChI=1S/C34H53O.C2H3.Co.O/c1-14-31(6,7)25-18-24(19-26(20-25)32(8,9)15-2)23(5)28-21-27(33(10,11)16-3)22-29(30(28)35)34(12,13)17-4;1-2;;/h18,20-23,35H,14-17H2,1-13H3;1H,2H2;;. The van der Waals surface area contributed by atoms with E-state index in [-0.39, 0.29) is 27.6 Å². The summed E-state index contributed by atoms with van der Waals surface area (Å²) in [5.74, 6) is 0.234. The van der Waals surface area contributed by atoms with Crippen LogP contribution in [0.2, 0.25) is 0 Å². The van der Waals surface area contributed by atoms with Gasteiger partial charge in [0.15, 0.2) is 0 Å². The van der Waals surface area contributed by atoms with E-state index >= 15 is 0 Å². The van der Waals surface area contributed by atoms with Crippen LogP contribution < -0.4 is 4.50 Å². The number of rotatable bonds is 12. The van der Waals surface area contributed by atoms with Crippen LogP contribution in [-0.2, 0) is 39.1 Å². The Morgan fingerprint density at radius 1 is 0.718 bits per heavy atom. The van der Waals surface area contributed by atoms with Crippen LogP contribution in [0.5, 0.6) is 5.75 Å². The fraction of sp³-hybridized carbons (Fsp3) is 0.611. The molecule has 2 aromatic rings. The molecule has 0 bridgehead atoms. The summed E-state index contributed by atoms with van der Waals surface area (Å²) in [6.07, 6.45) is 3.86. The predicted octanol–water partition coefficient (Wildman–Crippen LogP) is 10.0. The Labute approximate surface area is 244 Å². The van der Waals surface area contributed by atoms with Crippen LogP contribution in [-0.4, -0.2) is 5.11 Å². The normalized spacial score (nSPS) is 14.3.